The van der Waals surface area contributed by atoms with Gasteiger partial charge in [0.25, 0.3) is 0 Å². The lowest BCUT2D eigenvalue weighted by Crippen LogP contribution is -2.61. The highest BCUT2D eigenvalue weighted by molar-refractivity contribution is 5.82. The number of nitrogens with zero attached hydrogens (tertiary/aromatic N) is 2. The number of nitro groups is 1. The summed E-state index contributed by atoms with van der Waals surface area (Å²) in [6, 6.07) is 26.1. The number of methoxy groups -OCH3 is 1. The molecule has 0 bridgehead atoms. The Hall–Kier alpha value is -3.71. The van der Waals surface area contributed by atoms with E-state index in [2.05, 4.69) is 0 Å². The molecule has 1 unspecified atom stereocenters. The second-order valence-electron chi connectivity index (χ2n) is 7.36. The third-order valence-electron chi connectivity index (χ3n) is 5.59. The lowest BCUT2D eigenvalue weighted by molar-refractivity contribution is -0.570. The Bertz CT molecular complexity index is 1050. The highest BCUT2D eigenvalue weighted by Crippen LogP contribution is 2.49. The minimum Gasteiger partial charge on any atom is -0.464 e. The molecule has 0 spiro atoms. The molecule has 1 saturated heterocycles. The molecule has 0 amide bonds. The predicted molar refractivity (Wildman–Crippen MR) is 115 cm³/mol. The summed E-state index contributed by atoms with van der Waals surface area (Å²) in [5, 5.41) is 14.1. The van der Waals surface area contributed by atoms with Crippen LogP contribution in [-0.2, 0) is 14.4 Å². The number of benzene rings is 3. The number of carbonyl (C=O) groups is 1. The summed E-state index contributed by atoms with van der Waals surface area (Å²) in [4.78, 5) is 31.6. The van der Waals surface area contributed by atoms with Crippen molar-refractivity contribution >= 4 is 11.7 Å². The molecule has 3 aromatic carbocycles. The quantitative estimate of drug-likeness (QED) is 0.345. The van der Waals surface area contributed by atoms with Crippen LogP contribution in [-0.4, -0.2) is 23.5 Å². The molecule has 1 aliphatic rings. The monoisotopic (exact) mass is 418 g/mol. The van der Waals surface area contributed by atoms with E-state index in [0.717, 1.165) is 5.56 Å². The van der Waals surface area contributed by atoms with Gasteiger partial charge in [-0.3, -0.25) is 15.0 Å². The second kappa shape index (κ2) is 8.57. The van der Waals surface area contributed by atoms with Crippen molar-refractivity contribution in [2.75, 3.05) is 12.2 Å². The molecule has 3 atom stereocenters. The van der Waals surface area contributed by atoms with Crippen molar-refractivity contribution in [1.82, 2.24) is 0 Å². The number of esters is 1. The maximum atomic E-state index is 13.1. The molecule has 1 aliphatic heterocycles. The summed E-state index contributed by atoms with van der Waals surface area (Å²) >= 11 is 0. The molecule has 0 aliphatic carbocycles. The Balaban J connectivity index is 1.95. The highest BCUT2D eigenvalue weighted by atomic mass is 16.7. The van der Waals surface area contributed by atoms with Crippen molar-refractivity contribution in [3.8, 4) is 0 Å². The average Bonchev–Trinajstić information content (AvgIpc) is 2.84. The van der Waals surface area contributed by atoms with Crippen LogP contribution < -0.4 is 5.06 Å². The fourth-order valence-corrected chi connectivity index (χ4v) is 4.12. The van der Waals surface area contributed by atoms with Gasteiger partial charge in [-0.15, -0.1) is 0 Å². The van der Waals surface area contributed by atoms with E-state index < -0.39 is 28.6 Å². The van der Waals surface area contributed by atoms with Gasteiger partial charge in [0.1, 0.15) is 6.10 Å². The minimum absolute atomic E-state index is 0.167. The van der Waals surface area contributed by atoms with Gasteiger partial charge in [-0.05, 0) is 23.3 Å². The maximum Gasteiger partial charge on any atom is 0.387 e. The lowest BCUT2D eigenvalue weighted by Gasteiger charge is -2.45. The van der Waals surface area contributed by atoms with E-state index in [4.69, 9.17) is 9.57 Å². The molecule has 1 heterocycles. The number of hydrogen-bond acceptors (Lipinski definition) is 6. The summed E-state index contributed by atoms with van der Waals surface area (Å²) in [6.45, 7) is 0. The van der Waals surface area contributed by atoms with E-state index >= 15 is 0 Å². The van der Waals surface area contributed by atoms with Crippen LogP contribution in [0.5, 0.6) is 0 Å². The zero-order valence-electron chi connectivity index (χ0n) is 17.0. The first kappa shape index (κ1) is 20.6. The van der Waals surface area contributed by atoms with Gasteiger partial charge in [0, 0.05) is 4.92 Å². The summed E-state index contributed by atoms with van der Waals surface area (Å²) in [5.41, 5.74) is -0.151. The zero-order chi connectivity index (χ0) is 21.8. The van der Waals surface area contributed by atoms with Crippen molar-refractivity contribution in [2.24, 2.45) is 0 Å². The van der Waals surface area contributed by atoms with Crippen molar-refractivity contribution < 1.29 is 19.3 Å². The maximum absolute atomic E-state index is 13.1. The van der Waals surface area contributed by atoms with Crippen molar-refractivity contribution in [3.05, 3.63) is 112 Å². The highest BCUT2D eigenvalue weighted by Gasteiger charge is 2.66. The molecule has 0 radical (unpaired) electrons. The smallest absolute Gasteiger partial charge is 0.387 e. The normalized spacial score (nSPS) is 23.2. The zero-order valence-corrected chi connectivity index (χ0v) is 17.0. The molecule has 3 aromatic rings. The molecule has 0 N–H and O–H groups in total. The van der Waals surface area contributed by atoms with E-state index in [-0.39, 0.29) is 6.42 Å². The van der Waals surface area contributed by atoms with E-state index in [9.17, 15) is 14.9 Å². The standard InChI is InChI=1S/C24H22N2O5/c1-30-23(27)24(26(28)29)17-21(18-11-5-2-6-12-18)31-25(20-15-9-4-10-16-20)22(24)19-13-7-3-8-14-19/h2-16,21-22H,17H2,1H3/t21-,22-,24?/m1/s1. The first-order valence-electron chi connectivity index (χ1n) is 9.92. The molecule has 0 aromatic heterocycles. The number of para-hydroxylation sites is 1. The first-order chi connectivity index (χ1) is 15.1. The predicted octanol–water partition coefficient (Wildman–Crippen LogP) is 4.50. The Morgan fingerprint density at radius 3 is 2.00 bits per heavy atom. The van der Waals surface area contributed by atoms with Gasteiger partial charge in [0.15, 0.2) is 6.04 Å². The van der Waals surface area contributed by atoms with Crippen LogP contribution >= 0.6 is 0 Å². The molecule has 1 fully saturated rings. The van der Waals surface area contributed by atoms with E-state index in [1.165, 1.54) is 12.2 Å². The summed E-state index contributed by atoms with van der Waals surface area (Å²) in [5.74, 6) is -0.906. The number of carbonyl (C=O) groups excluding carboxylic acids is 1. The van der Waals surface area contributed by atoms with Gasteiger partial charge in [0.05, 0.1) is 19.2 Å². The van der Waals surface area contributed by atoms with Crippen molar-refractivity contribution in [2.45, 2.75) is 24.1 Å². The number of rotatable bonds is 5. The van der Waals surface area contributed by atoms with E-state index in [1.54, 1.807) is 36.4 Å². The Kier molecular flexibility index (Phi) is 5.68. The third-order valence-corrected chi connectivity index (χ3v) is 5.59. The molecule has 0 saturated carbocycles. The molecular weight excluding hydrogens is 396 g/mol. The SMILES string of the molecule is COC(=O)C1([N+](=O)[O-])C[C@H](c2ccccc2)ON(c2ccccc2)[C@@H]1c1ccccc1. The fraction of sp³-hybridized carbons (Fsp3) is 0.208. The summed E-state index contributed by atoms with van der Waals surface area (Å²) < 4.78 is 5.01. The van der Waals surface area contributed by atoms with E-state index in [1.807, 2.05) is 54.6 Å². The second-order valence-corrected chi connectivity index (χ2v) is 7.36. The van der Waals surface area contributed by atoms with Gasteiger partial charge in [-0.25, -0.2) is 9.86 Å². The van der Waals surface area contributed by atoms with Gasteiger partial charge in [0.2, 0.25) is 0 Å². The lowest BCUT2D eigenvalue weighted by atomic mass is 9.78. The van der Waals surface area contributed by atoms with Crippen LogP contribution in [0.2, 0.25) is 0 Å². The molecular formula is C24H22N2O5. The Morgan fingerprint density at radius 2 is 1.48 bits per heavy atom. The number of hydroxylamine groups is 1. The van der Waals surface area contributed by atoms with Gasteiger partial charge in [-0.2, -0.15) is 0 Å². The van der Waals surface area contributed by atoms with Crippen LogP contribution in [0.1, 0.15) is 29.7 Å². The fourth-order valence-electron chi connectivity index (χ4n) is 4.12. The minimum atomic E-state index is -2.08. The molecule has 7 heteroatoms. The first-order valence-corrected chi connectivity index (χ1v) is 9.92. The van der Waals surface area contributed by atoms with Crippen LogP contribution in [0.4, 0.5) is 5.69 Å². The number of hydrogen-bond donors (Lipinski definition) is 0. The van der Waals surface area contributed by atoms with Crippen molar-refractivity contribution in [1.29, 1.82) is 0 Å². The Labute approximate surface area is 179 Å². The van der Waals surface area contributed by atoms with E-state index in [0.29, 0.717) is 11.3 Å². The number of ether oxygens (including phenoxy) is 1. The summed E-state index contributed by atoms with van der Waals surface area (Å²) in [7, 11) is 1.18. The Morgan fingerprint density at radius 1 is 0.968 bits per heavy atom. The van der Waals surface area contributed by atoms with Crippen LogP contribution in [0.3, 0.4) is 0 Å². The van der Waals surface area contributed by atoms with Crippen LogP contribution in [0.15, 0.2) is 91.0 Å². The third kappa shape index (κ3) is 3.64. The molecule has 158 valence electrons. The largest absolute Gasteiger partial charge is 0.464 e. The van der Waals surface area contributed by atoms with Crippen LogP contribution in [0.25, 0.3) is 0 Å². The molecule has 7 nitrogen and oxygen atoms in total. The van der Waals surface area contributed by atoms with Gasteiger partial charge < -0.3 is 4.74 Å². The van der Waals surface area contributed by atoms with Crippen LogP contribution in [0, 0.1) is 10.1 Å². The molecule has 4 rings (SSSR count). The topological polar surface area (TPSA) is 81.9 Å². The van der Waals surface area contributed by atoms with Crippen molar-refractivity contribution in [3.63, 3.8) is 0 Å². The average molecular weight is 418 g/mol. The van der Waals surface area contributed by atoms with Gasteiger partial charge in [-0.1, -0.05) is 78.9 Å². The number of anilines is 1. The molecule has 31 heavy (non-hydrogen) atoms. The van der Waals surface area contributed by atoms with Gasteiger partial charge >= 0.3 is 11.5 Å². The summed E-state index contributed by atoms with van der Waals surface area (Å²) in [6.07, 6.45) is -0.884.